The van der Waals surface area contributed by atoms with Crippen molar-refractivity contribution < 1.29 is 9.26 Å². The van der Waals surface area contributed by atoms with E-state index in [2.05, 4.69) is 10.1 Å². The van der Waals surface area contributed by atoms with Gasteiger partial charge in [0.25, 0.3) is 0 Å². The van der Waals surface area contributed by atoms with E-state index >= 15 is 0 Å². The van der Waals surface area contributed by atoms with Crippen LogP contribution in [0, 0.1) is 0 Å². The fourth-order valence-corrected chi connectivity index (χ4v) is 4.33. The second kappa shape index (κ2) is 8.64. The lowest BCUT2D eigenvalue weighted by Crippen LogP contribution is -2.40. The van der Waals surface area contributed by atoms with Crippen molar-refractivity contribution in [3.8, 4) is 0 Å². The fraction of sp³-hybridized carbons (Fsp3) is 0.556. The van der Waals surface area contributed by atoms with Crippen LogP contribution in [0.3, 0.4) is 0 Å². The molecule has 2 N–H and O–H groups in total. The Labute approximate surface area is 174 Å². The summed E-state index contributed by atoms with van der Waals surface area (Å²) in [5.41, 5.74) is 6.91. The molecule has 2 heterocycles. The van der Waals surface area contributed by atoms with E-state index in [1.54, 1.807) is 6.07 Å². The van der Waals surface area contributed by atoms with Crippen LogP contribution in [0.5, 0.6) is 0 Å². The van der Waals surface area contributed by atoms with Crippen molar-refractivity contribution in [1.29, 1.82) is 0 Å². The lowest BCUT2D eigenvalue weighted by atomic mass is 9.98. The van der Waals surface area contributed by atoms with Gasteiger partial charge in [-0.2, -0.15) is 4.98 Å². The Morgan fingerprint density at radius 1 is 1.15 bits per heavy atom. The van der Waals surface area contributed by atoms with E-state index in [0.29, 0.717) is 35.0 Å². The molecule has 6 nitrogen and oxygen atoms in total. The van der Waals surface area contributed by atoms with Crippen LogP contribution in [-0.4, -0.2) is 41.3 Å². The number of rotatable bonds is 4. The Kier molecular flexibility index (Phi) is 6.66. The van der Waals surface area contributed by atoms with E-state index in [1.165, 1.54) is 0 Å². The van der Waals surface area contributed by atoms with Gasteiger partial charge in [0.1, 0.15) is 6.04 Å². The molecule has 1 unspecified atom stereocenters. The number of hydrogen-bond donors (Lipinski definition) is 1. The third-order valence-corrected chi connectivity index (χ3v) is 5.85. The number of morpholine rings is 1. The van der Waals surface area contributed by atoms with Crippen LogP contribution >= 0.6 is 35.6 Å². The molecule has 1 saturated heterocycles. The molecule has 2 aliphatic rings. The SMILES string of the molecule is Cl.NC1(c2noc(C(c3ccc(Cl)cc3Cl)N3CCOCC3)n2)CCCC1. The van der Waals surface area contributed by atoms with E-state index in [1.807, 2.05) is 12.1 Å². The molecule has 27 heavy (non-hydrogen) atoms. The van der Waals surface area contributed by atoms with Crippen LogP contribution in [-0.2, 0) is 10.3 Å². The van der Waals surface area contributed by atoms with Gasteiger partial charge < -0.3 is 15.0 Å². The molecule has 1 atom stereocenters. The van der Waals surface area contributed by atoms with Gasteiger partial charge in [-0.25, -0.2) is 0 Å². The highest BCUT2D eigenvalue weighted by atomic mass is 35.5. The van der Waals surface area contributed by atoms with Crippen LogP contribution in [0.1, 0.15) is 49.0 Å². The summed E-state index contributed by atoms with van der Waals surface area (Å²) in [7, 11) is 0. The molecule has 1 saturated carbocycles. The molecule has 1 aliphatic heterocycles. The van der Waals surface area contributed by atoms with Crippen molar-refractivity contribution in [3.63, 3.8) is 0 Å². The predicted molar refractivity (Wildman–Crippen MR) is 107 cm³/mol. The van der Waals surface area contributed by atoms with Crippen molar-refractivity contribution in [2.75, 3.05) is 26.3 Å². The quantitative estimate of drug-likeness (QED) is 0.786. The minimum atomic E-state index is -0.485. The number of halogens is 3. The summed E-state index contributed by atoms with van der Waals surface area (Å²) in [4.78, 5) is 6.95. The number of ether oxygens (including phenoxy) is 1. The Morgan fingerprint density at radius 3 is 2.52 bits per heavy atom. The lowest BCUT2D eigenvalue weighted by molar-refractivity contribution is 0.0181. The highest BCUT2D eigenvalue weighted by molar-refractivity contribution is 6.35. The van der Waals surface area contributed by atoms with E-state index in [-0.39, 0.29) is 18.4 Å². The van der Waals surface area contributed by atoms with E-state index in [0.717, 1.165) is 44.3 Å². The zero-order chi connectivity index (χ0) is 18.1. The molecule has 0 radical (unpaired) electrons. The summed E-state index contributed by atoms with van der Waals surface area (Å²) in [5, 5.41) is 5.40. The summed E-state index contributed by atoms with van der Waals surface area (Å²) < 4.78 is 11.2. The van der Waals surface area contributed by atoms with Crippen molar-refractivity contribution >= 4 is 35.6 Å². The van der Waals surface area contributed by atoms with E-state index in [4.69, 9.17) is 43.2 Å². The Hall–Kier alpha value is -0.890. The molecule has 1 aliphatic carbocycles. The monoisotopic (exact) mass is 432 g/mol. The minimum absolute atomic E-state index is 0. The van der Waals surface area contributed by atoms with E-state index < -0.39 is 5.54 Å². The first-order valence-corrected chi connectivity index (χ1v) is 9.72. The normalized spacial score (nSPS) is 21.0. The van der Waals surface area contributed by atoms with Gasteiger partial charge in [0, 0.05) is 23.1 Å². The van der Waals surface area contributed by atoms with Gasteiger partial charge in [0.05, 0.1) is 18.8 Å². The van der Waals surface area contributed by atoms with Crippen LogP contribution in [0.25, 0.3) is 0 Å². The Balaban J connectivity index is 0.00000210. The maximum Gasteiger partial charge on any atom is 0.248 e. The van der Waals surface area contributed by atoms with Crippen molar-refractivity contribution in [2.45, 2.75) is 37.3 Å². The van der Waals surface area contributed by atoms with Crippen molar-refractivity contribution in [2.24, 2.45) is 5.73 Å². The van der Waals surface area contributed by atoms with Gasteiger partial charge in [-0.3, -0.25) is 4.90 Å². The van der Waals surface area contributed by atoms with Crippen LogP contribution in [0.4, 0.5) is 0 Å². The molecule has 0 amide bonds. The first-order chi connectivity index (χ1) is 12.6. The zero-order valence-corrected chi connectivity index (χ0v) is 17.2. The third-order valence-electron chi connectivity index (χ3n) is 5.28. The molecular formula is C18H23Cl3N4O2. The average molecular weight is 434 g/mol. The van der Waals surface area contributed by atoms with Gasteiger partial charge in [0.15, 0.2) is 5.82 Å². The number of nitrogens with two attached hydrogens (primary N) is 1. The first kappa shape index (κ1) is 20.8. The Bertz CT molecular complexity index is 774. The molecular weight excluding hydrogens is 411 g/mol. The topological polar surface area (TPSA) is 77.4 Å². The van der Waals surface area contributed by atoms with Crippen LogP contribution in [0.2, 0.25) is 10.0 Å². The molecule has 0 bridgehead atoms. The molecule has 148 valence electrons. The Morgan fingerprint density at radius 2 is 1.85 bits per heavy atom. The van der Waals surface area contributed by atoms with Gasteiger partial charge in [-0.1, -0.05) is 47.3 Å². The molecule has 2 aromatic rings. The first-order valence-electron chi connectivity index (χ1n) is 8.96. The summed E-state index contributed by atoms with van der Waals surface area (Å²) >= 11 is 12.6. The molecule has 4 rings (SSSR count). The second-order valence-electron chi connectivity index (χ2n) is 7.04. The molecule has 2 fully saturated rings. The number of benzene rings is 1. The third kappa shape index (κ3) is 4.26. The van der Waals surface area contributed by atoms with Gasteiger partial charge in [-0.15, -0.1) is 12.4 Å². The summed E-state index contributed by atoms with van der Waals surface area (Å²) in [5.74, 6) is 1.11. The van der Waals surface area contributed by atoms with Gasteiger partial charge in [-0.05, 0) is 30.5 Å². The fourth-order valence-electron chi connectivity index (χ4n) is 3.82. The maximum atomic E-state index is 6.50. The summed E-state index contributed by atoms with van der Waals surface area (Å²) in [6, 6.07) is 5.25. The highest BCUT2D eigenvalue weighted by Gasteiger charge is 2.38. The van der Waals surface area contributed by atoms with Crippen LogP contribution in [0.15, 0.2) is 22.7 Å². The standard InChI is InChI=1S/C18H22Cl2N4O2.ClH/c19-12-3-4-13(14(20)11-12)15(24-7-9-25-10-8-24)16-22-17(23-26-16)18(21)5-1-2-6-18;/h3-4,11,15H,1-2,5-10,21H2;1H. The van der Waals surface area contributed by atoms with Crippen molar-refractivity contribution in [1.82, 2.24) is 15.0 Å². The number of nitrogens with zero attached hydrogens (tertiary/aromatic N) is 3. The largest absolute Gasteiger partial charge is 0.379 e. The zero-order valence-electron chi connectivity index (χ0n) is 14.9. The second-order valence-corrected chi connectivity index (χ2v) is 7.88. The number of aromatic nitrogens is 2. The lowest BCUT2D eigenvalue weighted by Gasteiger charge is -2.33. The summed E-state index contributed by atoms with van der Waals surface area (Å²) in [6.45, 7) is 2.83. The predicted octanol–water partition coefficient (Wildman–Crippen LogP) is 3.95. The van der Waals surface area contributed by atoms with Crippen LogP contribution < -0.4 is 5.73 Å². The molecule has 0 spiro atoms. The highest BCUT2D eigenvalue weighted by Crippen LogP contribution is 2.38. The average Bonchev–Trinajstić information content (AvgIpc) is 3.29. The van der Waals surface area contributed by atoms with Gasteiger partial charge in [0.2, 0.25) is 5.89 Å². The van der Waals surface area contributed by atoms with E-state index in [9.17, 15) is 0 Å². The van der Waals surface area contributed by atoms with Crippen molar-refractivity contribution in [3.05, 3.63) is 45.5 Å². The molecule has 9 heteroatoms. The smallest absolute Gasteiger partial charge is 0.248 e. The molecule has 1 aromatic heterocycles. The summed E-state index contributed by atoms with van der Waals surface area (Å²) in [6.07, 6.45) is 3.96. The minimum Gasteiger partial charge on any atom is -0.379 e. The number of hydrogen-bond acceptors (Lipinski definition) is 6. The van der Waals surface area contributed by atoms with Gasteiger partial charge >= 0.3 is 0 Å². The maximum absolute atomic E-state index is 6.50. The molecule has 1 aromatic carbocycles.